The lowest BCUT2D eigenvalue weighted by Gasteiger charge is -2.22. The number of cyclic esters (lactones) is 1. The van der Waals surface area contributed by atoms with Crippen LogP contribution in [0.5, 0.6) is 0 Å². The molecular weight excluding hydrogens is 228 g/mol. The highest BCUT2D eigenvalue weighted by Gasteiger charge is 2.21. The molecule has 1 heterocycles. The van der Waals surface area contributed by atoms with Crippen LogP contribution in [0.25, 0.3) is 0 Å². The molecule has 18 heavy (non-hydrogen) atoms. The van der Waals surface area contributed by atoms with Crippen LogP contribution in [0, 0.1) is 0 Å². The summed E-state index contributed by atoms with van der Waals surface area (Å²) in [5, 5.41) is 9.78. The van der Waals surface area contributed by atoms with Crippen molar-refractivity contribution in [3.63, 3.8) is 0 Å². The average Bonchev–Trinajstić information content (AvgIpc) is 2.32. The molecule has 0 unspecified atom stereocenters. The van der Waals surface area contributed by atoms with Gasteiger partial charge in [0.15, 0.2) is 0 Å². The fraction of sp³-hybridized carbons (Fsp3) is 0.533. The third-order valence-corrected chi connectivity index (χ3v) is 3.27. The Hall–Kier alpha value is -1.35. The monoisotopic (exact) mass is 250 g/mol. The van der Waals surface area contributed by atoms with Crippen molar-refractivity contribution in [2.75, 3.05) is 0 Å². The van der Waals surface area contributed by atoms with E-state index >= 15 is 0 Å². The van der Waals surface area contributed by atoms with E-state index in [1.54, 1.807) is 19.9 Å². The molecule has 0 saturated heterocycles. The molecule has 0 radical (unpaired) electrons. The van der Waals surface area contributed by atoms with Crippen LogP contribution in [0.3, 0.4) is 0 Å². The van der Waals surface area contributed by atoms with Gasteiger partial charge in [-0.3, -0.25) is 0 Å². The molecule has 1 aliphatic heterocycles. The molecule has 3 heteroatoms. The number of carbonyl (C=O) groups excluding carboxylic acids is 1. The van der Waals surface area contributed by atoms with Gasteiger partial charge < -0.3 is 9.84 Å². The molecular formula is C15H22O3. The van der Waals surface area contributed by atoms with Crippen molar-refractivity contribution in [2.45, 2.75) is 51.7 Å². The van der Waals surface area contributed by atoms with Gasteiger partial charge in [0.25, 0.3) is 0 Å². The normalized spacial score (nSPS) is 24.0. The Morgan fingerprint density at radius 3 is 2.94 bits per heavy atom. The topological polar surface area (TPSA) is 46.5 Å². The van der Waals surface area contributed by atoms with E-state index in [9.17, 15) is 9.90 Å². The molecule has 100 valence electrons. The maximum Gasteiger partial charge on any atom is 0.333 e. The third-order valence-electron chi connectivity index (χ3n) is 3.27. The van der Waals surface area contributed by atoms with Gasteiger partial charge >= 0.3 is 5.97 Å². The van der Waals surface area contributed by atoms with Crippen LogP contribution in [0.1, 0.15) is 40.0 Å². The lowest BCUT2D eigenvalue weighted by molar-refractivity contribution is -0.143. The van der Waals surface area contributed by atoms with Crippen molar-refractivity contribution in [1.82, 2.24) is 0 Å². The predicted octanol–water partition coefficient (Wildman–Crippen LogP) is 2.91. The largest absolute Gasteiger partial charge is 0.454 e. The minimum Gasteiger partial charge on any atom is -0.454 e. The smallest absolute Gasteiger partial charge is 0.333 e. The second-order valence-corrected chi connectivity index (χ2v) is 5.06. The first-order chi connectivity index (χ1) is 8.35. The summed E-state index contributed by atoms with van der Waals surface area (Å²) in [6, 6.07) is 0. The Morgan fingerprint density at radius 1 is 1.72 bits per heavy atom. The van der Waals surface area contributed by atoms with Crippen LogP contribution in [0.15, 0.2) is 36.0 Å². The van der Waals surface area contributed by atoms with Crippen molar-refractivity contribution in [1.29, 1.82) is 0 Å². The van der Waals surface area contributed by atoms with Crippen LogP contribution in [0.4, 0.5) is 0 Å². The molecule has 0 aromatic rings. The molecule has 1 rings (SSSR count). The van der Waals surface area contributed by atoms with E-state index in [0.717, 1.165) is 18.4 Å². The van der Waals surface area contributed by atoms with Crippen LogP contribution >= 0.6 is 0 Å². The van der Waals surface area contributed by atoms with E-state index in [4.69, 9.17) is 4.74 Å². The molecule has 0 aromatic heterocycles. The highest BCUT2D eigenvalue weighted by atomic mass is 16.5. The van der Waals surface area contributed by atoms with E-state index in [-0.39, 0.29) is 12.1 Å². The van der Waals surface area contributed by atoms with Gasteiger partial charge in [-0.1, -0.05) is 18.2 Å². The Bertz CT molecular complexity index is 389. The summed E-state index contributed by atoms with van der Waals surface area (Å²) in [7, 11) is 0. The summed E-state index contributed by atoms with van der Waals surface area (Å²) in [6.07, 6.45) is 7.40. The van der Waals surface area contributed by atoms with Crippen molar-refractivity contribution in [3.8, 4) is 0 Å². The zero-order valence-corrected chi connectivity index (χ0v) is 11.4. The van der Waals surface area contributed by atoms with Crippen LogP contribution in [0.2, 0.25) is 0 Å². The Balaban J connectivity index is 2.53. The molecule has 0 spiro atoms. The Labute approximate surface area is 109 Å². The highest BCUT2D eigenvalue weighted by molar-refractivity contribution is 5.88. The maximum absolute atomic E-state index is 11.4. The lowest BCUT2D eigenvalue weighted by Crippen LogP contribution is -2.24. The van der Waals surface area contributed by atoms with Gasteiger partial charge in [-0.2, -0.15) is 0 Å². The van der Waals surface area contributed by atoms with Crippen molar-refractivity contribution in [3.05, 3.63) is 36.0 Å². The average molecular weight is 250 g/mol. The van der Waals surface area contributed by atoms with Gasteiger partial charge in [-0.15, -0.1) is 6.58 Å². The van der Waals surface area contributed by atoms with Crippen LogP contribution < -0.4 is 0 Å². The van der Waals surface area contributed by atoms with Crippen molar-refractivity contribution < 1.29 is 14.6 Å². The number of ether oxygens (including phenoxy) is 1. The summed E-state index contributed by atoms with van der Waals surface area (Å²) < 4.78 is 5.31. The molecule has 1 N–H and O–H groups in total. The van der Waals surface area contributed by atoms with Crippen LogP contribution in [-0.2, 0) is 9.53 Å². The van der Waals surface area contributed by atoms with Gasteiger partial charge in [0, 0.05) is 12.0 Å². The van der Waals surface area contributed by atoms with E-state index < -0.39 is 5.60 Å². The van der Waals surface area contributed by atoms with Gasteiger partial charge in [-0.25, -0.2) is 4.79 Å². The summed E-state index contributed by atoms with van der Waals surface area (Å²) in [5.41, 5.74) is 0.872. The Kier molecular flexibility index (Phi) is 4.91. The number of hydrogen-bond donors (Lipinski definition) is 1. The minimum atomic E-state index is -0.837. The standard InChI is InChI=1S/C15H22O3/c1-5-15(4,17)10-6-7-11(2)13-9-8-12(3)14(16)18-13/h5,7-8,13,17H,1,6,9-10H2,2-4H3/b11-7+/t13-,15-/m0/s1. The number of rotatable bonds is 5. The van der Waals surface area contributed by atoms with E-state index in [0.29, 0.717) is 12.0 Å². The molecule has 1 aliphatic rings. The van der Waals surface area contributed by atoms with Crippen molar-refractivity contribution in [2.24, 2.45) is 0 Å². The van der Waals surface area contributed by atoms with Crippen LogP contribution in [-0.4, -0.2) is 22.8 Å². The molecule has 2 atom stereocenters. The predicted molar refractivity (Wildman–Crippen MR) is 72.1 cm³/mol. The van der Waals surface area contributed by atoms with Gasteiger partial charge in [-0.05, 0) is 39.2 Å². The SMILES string of the molecule is C=C[C@](C)(O)CC/C=C(\C)[C@@H]1CC=C(C)C(=O)O1. The lowest BCUT2D eigenvalue weighted by atomic mass is 9.97. The third kappa shape index (κ3) is 4.15. The molecule has 3 nitrogen and oxygen atoms in total. The molecule has 0 amide bonds. The second-order valence-electron chi connectivity index (χ2n) is 5.06. The molecule has 0 bridgehead atoms. The first-order valence-corrected chi connectivity index (χ1v) is 6.26. The summed E-state index contributed by atoms with van der Waals surface area (Å²) in [4.78, 5) is 11.4. The van der Waals surface area contributed by atoms with Gasteiger partial charge in [0.2, 0.25) is 0 Å². The maximum atomic E-state index is 11.4. The van der Waals surface area contributed by atoms with E-state index in [2.05, 4.69) is 6.58 Å². The van der Waals surface area contributed by atoms with Gasteiger partial charge in [0.1, 0.15) is 6.10 Å². The Morgan fingerprint density at radius 2 is 2.39 bits per heavy atom. The second kappa shape index (κ2) is 6.01. The first kappa shape index (κ1) is 14.7. The fourth-order valence-corrected chi connectivity index (χ4v) is 1.74. The number of hydrogen-bond acceptors (Lipinski definition) is 3. The summed E-state index contributed by atoms with van der Waals surface area (Å²) >= 11 is 0. The molecule has 0 saturated carbocycles. The number of esters is 1. The van der Waals surface area contributed by atoms with E-state index in [1.165, 1.54) is 0 Å². The van der Waals surface area contributed by atoms with Crippen molar-refractivity contribution >= 4 is 5.97 Å². The zero-order chi connectivity index (χ0) is 13.8. The quantitative estimate of drug-likeness (QED) is 0.603. The zero-order valence-electron chi connectivity index (χ0n) is 11.4. The van der Waals surface area contributed by atoms with E-state index in [1.807, 2.05) is 19.1 Å². The highest BCUT2D eigenvalue weighted by Crippen LogP contribution is 2.21. The summed E-state index contributed by atoms with van der Waals surface area (Å²) in [6.45, 7) is 9.04. The molecule has 0 aliphatic carbocycles. The first-order valence-electron chi connectivity index (χ1n) is 6.26. The fourth-order valence-electron chi connectivity index (χ4n) is 1.74. The van der Waals surface area contributed by atoms with Gasteiger partial charge in [0.05, 0.1) is 5.60 Å². The minimum absolute atomic E-state index is 0.158. The molecule has 0 fully saturated rings. The number of allylic oxidation sites excluding steroid dienone is 1. The number of aliphatic hydroxyl groups is 1. The molecule has 0 aromatic carbocycles. The summed E-state index contributed by atoms with van der Waals surface area (Å²) in [5.74, 6) is -0.239. The number of carbonyl (C=O) groups is 1.